The van der Waals surface area contributed by atoms with Crippen LogP contribution in [-0.4, -0.2) is 9.79 Å². The molecular formula is C14H16O3P2S2. The molecule has 0 radical (unpaired) electrons. The molecule has 2 aromatic carbocycles. The van der Waals surface area contributed by atoms with Crippen LogP contribution >= 0.6 is 13.0 Å². The summed E-state index contributed by atoms with van der Waals surface area (Å²) in [6.45, 7) is -6.29. The van der Waals surface area contributed by atoms with E-state index in [0.717, 1.165) is 11.1 Å². The molecule has 3 nitrogen and oxygen atoms in total. The summed E-state index contributed by atoms with van der Waals surface area (Å²) < 4.78 is 5.40. The van der Waals surface area contributed by atoms with Gasteiger partial charge in [-0.05, 0) is 34.7 Å². The molecule has 2 aromatic rings. The van der Waals surface area contributed by atoms with E-state index in [4.69, 9.17) is 27.9 Å². The molecule has 0 saturated heterocycles. The Hall–Kier alpha value is -0.380. The molecule has 0 saturated carbocycles. The lowest BCUT2D eigenvalue weighted by atomic mass is 10.2. The van der Waals surface area contributed by atoms with Crippen LogP contribution in [0, 0.1) is 0 Å². The molecule has 0 aromatic heterocycles. The highest BCUT2D eigenvalue weighted by molar-refractivity contribution is 8.16. The first-order valence-electron chi connectivity index (χ1n) is 6.29. The summed E-state index contributed by atoms with van der Waals surface area (Å²) in [5.74, 6) is 0. The lowest BCUT2D eigenvalue weighted by molar-refractivity contribution is 0.450. The van der Waals surface area contributed by atoms with Gasteiger partial charge in [-0.2, -0.15) is 0 Å². The first-order valence-corrected chi connectivity index (χ1v) is 12.0. The van der Waals surface area contributed by atoms with E-state index < -0.39 is 13.0 Å². The Morgan fingerprint density at radius 3 is 1.38 bits per heavy atom. The molecule has 0 fully saturated rings. The second-order valence-corrected chi connectivity index (χ2v) is 11.9. The molecule has 0 heterocycles. The largest absolute Gasteiger partial charge is 0.345 e. The highest BCUT2D eigenvalue weighted by Crippen LogP contribution is 2.62. The molecule has 0 bridgehead atoms. The Balaban J connectivity index is 2.04. The summed E-state index contributed by atoms with van der Waals surface area (Å²) >= 11 is 10.3. The maximum Gasteiger partial charge on any atom is 0.196 e. The summed E-state index contributed by atoms with van der Waals surface area (Å²) in [6.07, 6.45) is 0.411. The van der Waals surface area contributed by atoms with Crippen molar-refractivity contribution in [3.8, 4) is 0 Å². The van der Waals surface area contributed by atoms with Gasteiger partial charge in [-0.3, -0.25) is 4.31 Å². The lowest BCUT2D eigenvalue weighted by Gasteiger charge is -2.22. The van der Waals surface area contributed by atoms with Gasteiger partial charge >= 0.3 is 0 Å². The Labute approximate surface area is 135 Å². The predicted molar refractivity (Wildman–Crippen MR) is 94.4 cm³/mol. The predicted octanol–water partition coefficient (Wildman–Crippen LogP) is 4.01. The third-order valence-corrected chi connectivity index (χ3v) is 8.25. The van der Waals surface area contributed by atoms with Crippen LogP contribution in [0.4, 0.5) is 0 Å². The van der Waals surface area contributed by atoms with Gasteiger partial charge in [-0.25, -0.2) is 0 Å². The molecule has 7 heteroatoms. The monoisotopic (exact) mass is 358 g/mol. The van der Waals surface area contributed by atoms with Gasteiger partial charge in [-0.15, -0.1) is 0 Å². The van der Waals surface area contributed by atoms with Gasteiger partial charge in [0, 0.05) is 12.3 Å². The van der Waals surface area contributed by atoms with Crippen molar-refractivity contribution >= 4 is 36.6 Å². The van der Waals surface area contributed by atoms with Gasteiger partial charge in [0.15, 0.2) is 13.0 Å². The quantitative estimate of drug-likeness (QED) is 0.765. The van der Waals surface area contributed by atoms with E-state index in [2.05, 4.69) is 0 Å². The highest BCUT2D eigenvalue weighted by atomic mass is 32.5. The van der Waals surface area contributed by atoms with Crippen LogP contribution in [0.1, 0.15) is 11.1 Å². The third kappa shape index (κ3) is 6.09. The summed E-state index contributed by atoms with van der Waals surface area (Å²) in [7, 11) is 0. The summed E-state index contributed by atoms with van der Waals surface area (Å²) in [5, 5.41) is 0. The zero-order chi connectivity index (χ0) is 15.3. The van der Waals surface area contributed by atoms with Crippen molar-refractivity contribution < 1.29 is 14.1 Å². The van der Waals surface area contributed by atoms with Gasteiger partial charge in [0.05, 0.1) is 0 Å². The molecule has 0 spiro atoms. The normalized spacial score (nSPS) is 16.9. The SMILES string of the molecule is OP(=S)(Cc1ccccc1)OP(O)(=S)Cc1ccccc1. The van der Waals surface area contributed by atoms with Crippen molar-refractivity contribution in [2.75, 3.05) is 0 Å². The first kappa shape index (κ1) is 17.0. The highest BCUT2D eigenvalue weighted by Gasteiger charge is 2.25. The van der Waals surface area contributed by atoms with Crippen molar-refractivity contribution in [1.29, 1.82) is 0 Å². The van der Waals surface area contributed by atoms with Crippen LogP contribution in [0.5, 0.6) is 0 Å². The summed E-state index contributed by atoms with van der Waals surface area (Å²) in [5.41, 5.74) is 1.75. The minimum atomic E-state index is -3.14. The minimum absolute atomic E-state index is 0.205. The lowest BCUT2D eigenvalue weighted by Crippen LogP contribution is -1.95. The Bertz CT molecular complexity index is 618. The van der Waals surface area contributed by atoms with Gasteiger partial charge in [-0.1, -0.05) is 60.7 Å². The zero-order valence-electron chi connectivity index (χ0n) is 11.2. The fourth-order valence-electron chi connectivity index (χ4n) is 1.89. The van der Waals surface area contributed by atoms with Crippen molar-refractivity contribution in [2.24, 2.45) is 0 Å². The molecule has 0 aliphatic heterocycles. The molecule has 0 amide bonds. The van der Waals surface area contributed by atoms with Crippen molar-refractivity contribution in [3.63, 3.8) is 0 Å². The zero-order valence-corrected chi connectivity index (χ0v) is 14.6. The molecule has 2 unspecified atom stereocenters. The summed E-state index contributed by atoms with van der Waals surface area (Å²) in [6, 6.07) is 18.7. The van der Waals surface area contributed by atoms with Crippen LogP contribution < -0.4 is 0 Å². The van der Waals surface area contributed by atoms with E-state index in [0.29, 0.717) is 0 Å². The summed E-state index contributed by atoms with van der Waals surface area (Å²) in [4.78, 5) is 20.6. The van der Waals surface area contributed by atoms with Crippen molar-refractivity contribution in [1.82, 2.24) is 0 Å². The van der Waals surface area contributed by atoms with Gasteiger partial charge in [0.2, 0.25) is 0 Å². The minimum Gasteiger partial charge on any atom is -0.345 e. The maximum absolute atomic E-state index is 10.3. The number of hydrogen-bond acceptors (Lipinski definition) is 3. The number of rotatable bonds is 6. The second kappa shape index (κ2) is 7.26. The van der Waals surface area contributed by atoms with Crippen molar-refractivity contribution in [3.05, 3.63) is 71.8 Å². The van der Waals surface area contributed by atoms with E-state index in [9.17, 15) is 9.79 Å². The fraction of sp³-hybridized carbons (Fsp3) is 0.143. The van der Waals surface area contributed by atoms with E-state index in [-0.39, 0.29) is 12.3 Å². The molecule has 21 heavy (non-hydrogen) atoms. The van der Waals surface area contributed by atoms with E-state index in [1.54, 1.807) is 0 Å². The van der Waals surface area contributed by atoms with Crippen LogP contribution in [0.2, 0.25) is 0 Å². The molecule has 112 valence electrons. The topological polar surface area (TPSA) is 49.7 Å². The Morgan fingerprint density at radius 1 is 0.714 bits per heavy atom. The Kier molecular flexibility index (Phi) is 5.87. The second-order valence-electron chi connectivity index (χ2n) is 4.64. The molecular weight excluding hydrogens is 342 g/mol. The fourth-order valence-corrected chi connectivity index (χ4v) is 8.55. The molecule has 0 aliphatic carbocycles. The Morgan fingerprint density at radius 2 is 1.05 bits per heavy atom. The van der Waals surface area contributed by atoms with Crippen LogP contribution in [0.3, 0.4) is 0 Å². The molecule has 2 atom stereocenters. The molecule has 2 rings (SSSR count). The first-order chi connectivity index (χ1) is 9.86. The van der Waals surface area contributed by atoms with Gasteiger partial charge in [0.25, 0.3) is 0 Å². The van der Waals surface area contributed by atoms with Gasteiger partial charge in [0.1, 0.15) is 0 Å². The van der Waals surface area contributed by atoms with E-state index in [1.165, 1.54) is 0 Å². The van der Waals surface area contributed by atoms with E-state index >= 15 is 0 Å². The maximum atomic E-state index is 10.3. The van der Waals surface area contributed by atoms with E-state index in [1.807, 2.05) is 60.7 Å². The molecule has 0 aliphatic rings. The average Bonchev–Trinajstić information content (AvgIpc) is 2.38. The molecule has 2 N–H and O–H groups in total. The average molecular weight is 358 g/mol. The number of hydrogen-bond donors (Lipinski definition) is 2. The van der Waals surface area contributed by atoms with Crippen molar-refractivity contribution in [2.45, 2.75) is 12.3 Å². The van der Waals surface area contributed by atoms with Crippen LogP contribution in [0.25, 0.3) is 0 Å². The standard InChI is InChI=1S/C14H16O3P2S2/c15-18(20,11-13-7-3-1-4-8-13)17-19(16,21)12-14-9-5-2-6-10-14/h1-10H,11-12H2,(H,15,20)(H,16,21). The van der Waals surface area contributed by atoms with Gasteiger partial charge < -0.3 is 9.79 Å². The smallest absolute Gasteiger partial charge is 0.196 e. The van der Waals surface area contributed by atoms with Crippen LogP contribution in [-0.2, 0) is 40.2 Å². The van der Waals surface area contributed by atoms with Crippen LogP contribution in [0.15, 0.2) is 60.7 Å². The third-order valence-electron chi connectivity index (χ3n) is 2.71. The number of benzene rings is 2.